The van der Waals surface area contributed by atoms with Crippen LogP contribution in [0.3, 0.4) is 0 Å². The van der Waals surface area contributed by atoms with Crippen molar-refractivity contribution in [2.75, 3.05) is 0 Å². The van der Waals surface area contributed by atoms with Gasteiger partial charge in [0.15, 0.2) is 0 Å². The topological polar surface area (TPSA) is 37.3 Å². The summed E-state index contributed by atoms with van der Waals surface area (Å²) in [6.07, 6.45) is 4.01. The van der Waals surface area contributed by atoms with Crippen molar-refractivity contribution in [3.8, 4) is 0 Å². The summed E-state index contributed by atoms with van der Waals surface area (Å²) < 4.78 is 0. The summed E-state index contributed by atoms with van der Waals surface area (Å²) in [5.74, 6) is -0.627. The second-order valence-electron chi connectivity index (χ2n) is 2.32. The fourth-order valence-corrected chi connectivity index (χ4v) is 1.17. The van der Waals surface area contributed by atoms with Gasteiger partial charge in [0.1, 0.15) is 0 Å². The van der Waals surface area contributed by atoms with E-state index in [1.807, 2.05) is 0 Å². The summed E-state index contributed by atoms with van der Waals surface area (Å²) in [6, 6.07) is 0. The second-order valence-corrected chi connectivity index (χ2v) is 2.32. The summed E-state index contributed by atoms with van der Waals surface area (Å²) in [6.45, 7) is 0. The molecule has 0 unspecified atom stereocenters. The SMILES string of the molecule is O=C(O)C1CCCC1.[Cd]. The Morgan fingerprint density at radius 1 is 1.33 bits per heavy atom. The van der Waals surface area contributed by atoms with E-state index >= 15 is 0 Å². The Morgan fingerprint density at radius 2 is 1.78 bits per heavy atom. The zero-order valence-corrected chi connectivity index (χ0v) is 9.50. The molecule has 0 aromatic heterocycles. The number of hydrogen-bond donors (Lipinski definition) is 1. The first-order valence-corrected chi connectivity index (χ1v) is 3.03. The molecule has 2 nitrogen and oxygen atoms in total. The molecule has 1 aliphatic carbocycles. The molecule has 0 aromatic carbocycles. The first-order chi connectivity index (χ1) is 3.80. The van der Waals surface area contributed by atoms with Gasteiger partial charge in [-0.3, -0.25) is 4.79 Å². The van der Waals surface area contributed by atoms with Crippen molar-refractivity contribution >= 4 is 5.97 Å². The quantitative estimate of drug-likeness (QED) is 0.684. The van der Waals surface area contributed by atoms with Crippen LogP contribution in [-0.2, 0) is 32.1 Å². The van der Waals surface area contributed by atoms with E-state index in [9.17, 15) is 4.79 Å². The smallest absolute Gasteiger partial charge is 0.306 e. The summed E-state index contributed by atoms with van der Waals surface area (Å²) in [5.41, 5.74) is 0. The molecular weight excluding hydrogens is 216 g/mol. The van der Waals surface area contributed by atoms with Crippen molar-refractivity contribution in [2.45, 2.75) is 25.7 Å². The van der Waals surface area contributed by atoms with Gasteiger partial charge in [0.25, 0.3) is 0 Å². The van der Waals surface area contributed by atoms with Crippen LogP contribution in [-0.4, -0.2) is 11.1 Å². The summed E-state index contributed by atoms with van der Waals surface area (Å²) in [4.78, 5) is 10.2. The standard InChI is InChI=1S/C6H10O2.Cd/c7-6(8)5-3-1-2-4-5;/h5H,1-4H2,(H,7,8);. The molecule has 3 heteroatoms. The van der Waals surface area contributed by atoms with Crippen molar-refractivity contribution < 1.29 is 37.2 Å². The molecule has 0 spiro atoms. The van der Waals surface area contributed by atoms with Crippen molar-refractivity contribution in [2.24, 2.45) is 5.92 Å². The van der Waals surface area contributed by atoms with Crippen LogP contribution in [0.15, 0.2) is 0 Å². The van der Waals surface area contributed by atoms with Gasteiger partial charge in [-0.2, -0.15) is 0 Å². The Balaban J connectivity index is 0.000000640. The van der Waals surface area contributed by atoms with Gasteiger partial charge >= 0.3 is 5.97 Å². The van der Waals surface area contributed by atoms with E-state index in [0.29, 0.717) is 0 Å². The summed E-state index contributed by atoms with van der Waals surface area (Å²) in [7, 11) is 0. The Bertz CT molecular complexity index is 97.2. The maximum Gasteiger partial charge on any atom is 0.306 e. The van der Waals surface area contributed by atoms with Gasteiger partial charge in [-0.15, -0.1) is 0 Å². The Kier molecular flexibility index (Phi) is 4.43. The number of carboxylic acids is 1. The van der Waals surface area contributed by atoms with E-state index in [1.54, 1.807) is 0 Å². The molecule has 0 saturated heterocycles. The second kappa shape index (κ2) is 4.25. The summed E-state index contributed by atoms with van der Waals surface area (Å²) in [5, 5.41) is 8.41. The normalized spacial score (nSPS) is 19.1. The van der Waals surface area contributed by atoms with Crippen LogP contribution in [0.1, 0.15) is 25.7 Å². The van der Waals surface area contributed by atoms with Crippen LogP contribution >= 0.6 is 0 Å². The molecule has 0 bridgehead atoms. The van der Waals surface area contributed by atoms with Gasteiger partial charge in [-0.05, 0) is 12.8 Å². The van der Waals surface area contributed by atoms with E-state index in [-0.39, 0.29) is 33.2 Å². The molecule has 1 N–H and O–H groups in total. The average Bonchev–Trinajstić information content (AvgIpc) is 2.12. The van der Waals surface area contributed by atoms with Crippen LogP contribution in [0.2, 0.25) is 0 Å². The van der Waals surface area contributed by atoms with Crippen molar-refractivity contribution in [1.82, 2.24) is 0 Å². The van der Waals surface area contributed by atoms with E-state index in [4.69, 9.17) is 5.11 Å². The largest absolute Gasteiger partial charge is 0.481 e. The van der Waals surface area contributed by atoms with Gasteiger partial charge in [-0.25, -0.2) is 0 Å². The molecule has 0 atom stereocenters. The van der Waals surface area contributed by atoms with Gasteiger partial charge in [0.05, 0.1) is 5.92 Å². The maximum atomic E-state index is 10.2. The third kappa shape index (κ3) is 2.64. The molecule has 0 aliphatic heterocycles. The molecule has 0 heterocycles. The Morgan fingerprint density at radius 3 is 2.00 bits per heavy atom. The third-order valence-electron chi connectivity index (χ3n) is 1.70. The van der Waals surface area contributed by atoms with Crippen LogP contribution in [0, 0.1) is 5.92 Å². The van der Waals surface area contributed by atoms with Crippen LogP contribution in [0.5, 0.6) is 0 Å². The first-order valence-electron chi connectivity index (χ1n) is 3.03. The Hall–Kier alpha value is 0.392. The zero-order valence-electron chi connectivity index (χ0n) is 5.47. The molecule has 0 aromatic rings. The molecule has 1 aliphatic rings. The minimum absolute atomic E-state index is 0. The zero-order chi connectivity index (χ0) is 5.98. The molecule has 1 rings (SSSR count). The molecule has 0 radical (unpaired) electrons. The summed E-state index contributed by atoms with van der Waals surface area (Å²) >= 11 is 0. The molecule has 1 fully saturated rings. The Labute approximate surface area is 74.8 Å². The molecule has 48 valence electrons. The van der Waals surface area contributed by atoms with Gasteiger partial charge in [-0.1, -0.05) is 12.8 Å². The van der Waals surface area contributed by atoms with E-state index in [0.717, 1.165) is 25.7 Å². The van der Waals surface area contributed by atoms with Crippen molar-refractivity contribution in [3.05, 3.63) is 0 Å². The monoisotopic (exact) mass is 228 g/mol. The number of hydrogen-bond acceptors (Lipinski definition) is 1. The van der Waals surface area contributed by atoms with Gasteiger partial charge in [0.2, 0.25) is 0 Å². The van der Waals surface area contributed by atoms with Crippen LogP contribution in [0.4, 0.5) is 0 Å². The average molecular weight is 227 g/mol. The van der Waals surface area contributed by atoms with Gasteiger partial charge in [0, 0.05) is 27.3 Å². The number of aliphatic carboxylic acids is 1. The van der Waals surface area contributed by atoms with Gasteiger partial charge < -0.3 is 5.11 Å². The first kappa shape index (κ1) is 9.39. The van der Waals surface area contributed by atoms with Crippen LogP contribution < -0.4 is 0 Å². The minimum atomic E-state index is -0.609. The van der Waals surface area contributed by atoms with Crippen molar-refractivity contribution in [3.63, 3.8) is 0 Å². The van der Waals surface area contributed by atoms with E-state index in [1.165, 1.54) is 0 Å². The molecule has 0 amide bonds. The van der Waals surface area contributed by atoms with E-state index < -0.39 is 5.97 Å². The maximum absolute atomic E-state index is 10.2. The third-order valence-corrected chi connectivity index (χ3v) is 1.70. The number of rotatable bonds is 1. The fourth-order valence-electron chi connectivity index (χ4n) is 1.17. The number of carboxylic acid groups (broad SMARTS) is 1. The number of carbonyl (C=O) groups is 1. The molecular formula is C6H10CdO2. The molecule has 1 saturated carbocycles. The molecule has 9 heavy (non-hydrogen) atoms. The minimum Gasteiger partial charge on any atom is -0.481 e. The van der Waals surface area contributed by atoms with Crippen molar-refractivity contribution in [1.29, 1.82) is 0 Å². The van der Waals surface area contributed by atoms with Crippen LogP contribution in [0.25, 0.3) is 0 Å². The fraction of sp³-hybridized carbons (Fsp3) is 0.833. The predicted molar refractivity (Wildman–Crippen MR) is 29.6 cm³/mol. The van der Waals surface area contributed by atoms with E-state index in [2.05, 4.69) is 0 Å². The predicted octanol–water partition coefficient (Wildman–Crippen LogP) is 1.26.